The van der Waals surface area contributed by atoms with Crippen LogP contribution in [0.5, 0.6) is 0 Å². The van der Waals surface area contributed by atoms with Crippen LogP contribution in [-0.2, 0) is 19.1 Å². The molecule has 3 aliphatic rings. The topological polar surface area (TPSA) is 90.4 Å². The Morgan fingerprint density at radius 1 is 1.07 bits per heavy atom. The Labute approximate surface area is 235 Å². The van der Waals surface area contributed by atoms with Gasteiger partial charge >= 0.3 is 0 Å². The van der Waals surface area contributed by atoms with Crippen LogP contribution in [0.4, 0.5) is 5.69 Å². The lowest BCUT2D eigenvalue weighted by molar-refractivity contribution is -0.144. The molecule has 8 nitrogen and oxygen atoms in total. The van der Waals surface area contributed by atoms with Crippen molar-refractivity contribution in [2.75, 3.05) is 38.2 Å². The molecule has 3 heterocycles. The summed E-state index contributed by atoms with van der Waals surface area (Å²) in [5.41, 5.74) is -0.330. The van der Waals surface area contributed by atoms with Crippen molar-refractivity contribution in [3.05, 3.63) is 67.8 Å². The number of nitrogens with zero attached hydrogens (tertiary/aromatic N) is 3. The zero-order chi connectivity index (χ0) is 28.4. The van der Waals surface area contributed by atoms with Crippen molar-refractivity contribution in [1.29, 1.82) is 0 Å². The van der Waals surface area contributed by atoms with E-state index in [0.717, 1.165) is 22.9 Å². The fourth-order valence-corrected chi connectivity index (χ4v) is 7.01. The van der Waals surface area contributed by atoms with Crippen LogP contribution >= 0.6 is 0 Å². The summed E-state index contributed by atoms with van der Waals surface area (Å²) in [4.78, 5) is 47.3. The van der Waals surface area contributed by atoms with Gasteiger partial charge in [-0.05, 0) is 55.0 Å². The fraction of sp³-hybridized carbons (Fsp3) is 0.469. The number of amides is 3. The fourth-order valence-electron chi connectivity index (χ4n) is 7.01. The molecule has 2 aromatic carbocycles. The Bertz CT molecular complexity index is 1310. The van der Waals surface area contributed by atoms with Gasteiger partial charge in [-0.3, -0.25) is 14.4 Å². The first-order valence-corrected chi connectivity index (χ1v) is 14.2. The maximum atomic E-state index is 14.6. The summed E-state index contributed by atoms with van der Waals surface area (Å²) in [5, 5.41) is 11.4. The number of anilines is 1. The van der Waals surface area contributed by atoms with Crippen LogP contribution in [0.1, 0.15) is 32.1 Å². The Kier molecular flexibility index (Phi) is 8.10. The molecule has 1 N–H and O–H groups in total. The quantitative estimate of drug-likeness (QED) is 0.326. The highest BCUT2D eigenvalue weighted by molar-refractivity contribution is 6.05. The zero-order valence-corrected chi connectivity index (χ0v) is 23.2. The minimum Gasteiger partial charge on any atom is -0.396 e. The van der Waals surface area contributed by atoms with Crippen molar-refractivity contribution in [2.45, 2.75) is 49.9 Å². The highest BCUT2D eigenvalue weighted by Gasteiger charge is 2.74. The minimum absolute atomic E-state index is 0.0783. The number of likely N-dealkylation sites (N-methyl/N-ethyl adjacent to an activating group) is 1. The molecule has 5 atom stereocenters. The summed E-state index contributed by atoms with van der Waals surface area (Å²) in [6.07, 6.45) is 6.13. The van der Waals surface area contributed by atoms with E-state index in [2.05, 4.69) is 13.2 Å². The monoisotopic (exact) mass is 545 g/mol. The molecule has 2 aromatic rings. The number of carbonyl (C=O) groups is 3. The molecule has 3 fully saturated rings. The van der Waals surface area contributed by atoms with Gasteiger partial charge in [-0.2, -0.15) is 0 Å². The normalized spacial score (nSPS) is 26.6. The second-order valence-electron chi connectivity index (χ2n) is 11.1. The van der Waals surface area contributed by atoms with E-state index in [1.807, 2.05) is 42.5 Å². The average Bonchev–Trinajstić information content (AvgIpc) is 3.60. The number of aliphatic hydroxyl groups excluding tert-OH is 1. The molecule has 0 aliphatic carbocycles. The highest BCUT2D eigenvalue weighted by Crippen LogP contribution is 2.59. The van der Waals surface area contributed by atoms with Crippen LogP contribution in [0.25, 0.3) is 10.8 Å². The summed E-state index contributed by atoms with van der Waals surface area (Å²) in [6.45, 7) is 8.73. The van der Waals surface area contributed by atoms with Crippen molar-refractivity contribution in [1.82, 2.24) is 9.80 Å². The molecule has 3 aliphatic heterocycles. The van der Waals surface area contributed by atoms with E-state index in [0.29, 0.717) is 38.8 Å². The molecule has 0 radical (unpaired) electrons. The first kappa shape index (κ1) is 28.1. The Hall–Kier alpha value is -3.49. The van der Waals surface area contributed by atoms with E-state index >= 15 is 0 Å². The molecular weight excluding hydrogens is 506 g/mol. The van der Waals surface area contributed by atoms with Gasteiger partial charge in [-0.25, -0.2) is 0 Å². The smallest absolute Gasteiger partial charge is 0.253 e. The van der Waals surface area contributed by atoms with E-state index in [1.54, 1.807) is 33.9 Å². The number of likely N-dealkylation sites (tertiary alicyclic amines) is 1. The Morgan fingerprint density at radius 3 is 2.55 bits per heavy atom. The average molecular weight is 546 g/mol. The third kappa shape index (κ3) is 4.63. The van der Waals surface area contributed by atoms with E-state index in [1.165, 1.54) is 0 Å². The molecule has 3 amide bonds. The molecule has 1 spiro atoms. The number of fused-ring (bicyclic) bond motifs is 2. The van der Waals surface area contributed by atoms with Crippen LogP contribution in [0, 0.1) is 11.8 Å². The molecule has 5 rings (SSSR count). The molecule has 3 saturated heterocycles. The zero-order valence-electron chi connectivity index (χ0n) is 23.2. The standard InChI is InChI=1S/C32H39N3O5/c1-4-17-33(3)29(37)26-25-15-16-32(40-25)27(26)30(38)35(19-9-6-10-20-36)28(32)31(39)34(18-5-2)24-14-13-22-11-7-8-12-23(22)21-24/h4-5,7-8,11-14,21,25-28,36H,1-2,6,9-10,15-20H2,3H3/t25-,26+,27+,28?,32?/m1/s1. The van der Waals surface area contributed by atoms with Gasteiger partial charge in [0.2, 0.25) is 11.8 Å². The first-order valence-electron chi connectivity index (χ1n) is 14.2. The van der Waals surface area contributed by atoms with E-state index in [-0.39, 0.29) is 30.9 Å². The van der Waals surface area contributed by atoms with Gasteiger partial charge in [0.05, 0.1) is 17.9 Å². The maximum Gasteiger partial charge on any atom is 0.253 e. The highest BCUT2D eigenvalue weighted by atomic mass is 16.5. The largest absolute Gasteiger partial charge is 0.396 e. The van der Waals surface area contributed by atoms with Gasteiger partial charge < -0.3 is 24.5 Å². The number of hydrogen-bond acceptors (Lipinski definition) is 5. The second kappa shape index (κ2) is 11.6. The summed E-state index contributed by atoms with van der Waals surface area (Å²) in [7, 11) is 1.71. The van der Waals surface area contributed by atoms with Crippen molar-refractivity contribution >= 4 is 34.2 Å². The van der Waals surface area contributed by atoms with Gasteiger partial charge in [0.15, 0.2) is 0 Å². The van der Waals surface area contributed by atoms with Gasteiger partial charge in [-0.1, -0.05) is 42.5 Å². The summed E-state index contributed by atoms with van der Waals surface area (Å²) in [5.74, 6) is -1.89. The number of aliphatic hydroxyl groups is 1. The summed E-state index contributed by atoms with van der Waals surface area (Å²) < 4.78 is 6.59. The third-order valence-corrected chi connectivity index (χ3v) is 8.78. The SMILES string of the molecule is C=CCN(C)C(=O)[C@@H]1[C@H]2C(=O)N(CCCCCO)C(C(=O)N(CC=C)c3ccc4ccccc4c3)C23CC[C@H]1O3. The third-order valence-electron chi connectivity index (χ3n) is 8.78. The van der Waals surface area contributed by atoms with Crippen molar-refractivity contribution in [2.24, 2.45) is 11.8 Å². The second-order valence-corrected chi connectivity index (χ2v) is 11.1. The minimum atomic E-state index is -1.05. The molecule has 8 heteroatoms. The molecule has 0 saturated carbocycles. The van der Waals surface area contributed by atoms with Gasteiger partial charge in [0, 0.05) is 39.0 Å². The van der Waals surface area contributed by atoms with Gasteiger partial charge in [-0.15, -0.1) is 13.2 Å². The molecule has 212 valence electrons. The number of rotatable bonds is 12. The predicted molar refractivity (Wildman–Crippen MR) is 155 cm³/mol. The van der Waals surface area contributed by atoms with Crippen LogP contribution in [-0.4, -0.2) is 83.7 Å². The van der Waals surface area contributed by atoms with Crippen LogP contribution < -0.4 is 4.90 Å². The molecule has 40 heavy (non-hydrogen) atoms. The number of carbonyl (C=O) groups excluding carboxylic acids is 3. The number of ether oxygens (including phenoxy) is 1. The molecule has 2 bridgehead atoms. The lowest BCUT2D eigenvalue weighted by Gasteiger charge is -2.37. The maximum absolute atomic E-state index is 14.6. The van der Waals surface area contributed by atoms with Crippen LogP contribution in [0.3, 0.4) is 0 Å². The first-order chi connectivity index (χ1) is 19.4. The number of benzene rings is 2. The number of hydrogen-bond donors (Lipinski definition) is 1. The van der Waals surface area contributed by atoms with E-state index in [4.69, 9.17) is 4.74 Å². The number of unbranched alkanes of at least 4 members (excludes halogenated alkanes) is 2. The lowest BCUT2D eigenvalue weighted by atomic mass is 9.70. The Balaban J connectivity index is 1.54. The predicted octanol–water partition coefficient (Wildman–Crippen LogP) is 3.54. The van der Waals surface area contributed by atoms with Crippen LogP contribution in [0.2, 0.25) is 0 Å². The molecule has 0 aromatic heterocycles. The van der Waals surface area contributed by atoms with Crippen molar-refractivity contribution in [3.8, 4) is 0 Å². The van der Waals surface area contributed by atoms with Gasteiger partial charge in [0.25, 0.3) is 5.91 Å². The van der Waals surface area contributed by atoms with Crippen molar-refractivity contribution < 1.29 is 24.2 Å². The summed E-state index contributed by atoms with van der Waals surface area (Å²) >= 11 is 0. The van der Waals surface area contributed by atoms with E-state index in [9.17, 15) is 19.5 Å². The molecular formula is C32H39N3O5. The van der Waals surface area contributed by atoms with E-state index < -0.39 is 29.6 Å². The molecule has 2 unspecified atom stereocenters. The van der Waals surface area contributed by atoms with Gasteiger partial charge in [0.1, 0.15) is 11.6 Å². The lowest BCUT2D eigenvalue weighted by Crippen LogP contribution is -2.56. The van der Waals surface area contributed by atoms with Crippen molar-refractivity contribution in [3.63, 3.8) is 0 Å². The van der Waals surface area contributed by atoms with Crippen LogP contribution in [0.15, 0.2) is 67.8 Å². The summed E-state index contributed by atoms with van der Waals surface area (Å²) in [6, 6.07) is 13.0. The Morgan fingerprint density at radius 2 is 1.82 bits per heavy atom.